The Bertz CT molecular complexity index is 721. The van der Waals surface area contributed by atoms with E-state index in [0.717, 1.165) is 38.8 Å². The van der Waals surface area contributed by atoms with Crippen LogP contribution in [0, 0.1) is 6.92 Å². The van der Waals surface area contributed by atoms with E-state index in [1.54, 1.807) is 6.92 Å². The molecule has 7 nitrogen and oxygen atoms in total. The van der Waals surface area contributed by atoms with Crippen LogP contribution in [0.25, 0.3) is 0 Å². The highest BCUT2D eigenvalue weighted by Gasteiger charge is 2.32. The predicted molar refractivity (Wildman–Crippen MR) is 92.0 cm³/mol. The third-order valence-corrected chi connectivity index (χ3v) is 6.95. The van der Waals surface area contributed by atoms with Gasteiger partial charge in [-0.15, -0.1) is 0 Å². The molecule has 0 bridgehead atoms. The van der Waals surface area contributed by atoms with Crippen LogP contribution in [0.5, 0.6) is 0 Å². The van der Waals surface area contributed by atoms with Crippen LogP contribution in [0.2, 0.25) is 0 Å². The standard InChI is InChI=1S/C17H26N2O5S/c1-3-18-8-6-7-14(12-18)24-17(20)15-11-16(13(2)23-15)25(21,22)19-9-4-5-10-19/h11,14H,3-10,12H2,1-2H3. The Balaban J connectivity index is 1.72. The fraction of sp³-hybridized carbons (Fsp3) is 0.706. The number of furan rings is 1. The Morgan fingerprint density at radius 1 is 1.28 bits per heavy atom. The van der Waals surface area contributed by atoms with Gasteiger partial charge >= 0.3 is 5.97 Å². The summed E-state index contributed by atoms with van der Waals surface area (Å²) in [6, 6.07) is 1.31. The van der Waals surface area contributed by atoms with Crippen LogP contribution in [-0.4, -0.2) is 62.4 Å². The monoisotopic (exact) mass is 370 g/mol. The van der Waals surface area contributed by atoms with Crippen molar-refractivity contribution in [3.05, 3.63) is 17.6 Å². The molecule has 0 amide bonds. The van der Waals surface area contributed by atoms with Crippen molar-refractivity contribution >= 4 is 16.0 Å². The number of likely N-dealkylation sites (tertiary alicyclic amines) is 1. The summed E-state index contributed by atoms with van der Waals surface area (Å²) >= 11 is 0. The zero-order valence-electron chi connectivity index (χ0n) is 14.9. The average Bonchev–Trinajstić information content (AvgIpc) is 3.25. The predicted octanol–water partition coefficient (Wildman–Crippen LogP) is 2.01. The highest BCUT2D eigenvalue weighted by atomic mass is 32.2. The first-order chi connectivity index (χ1) is 11.9. The van der Waals surface area contributed by atoms with Gasteiger partial charge in [0.25, 0.3) is 0 Å². The Morgan fingerprint density at radius 3 is 2.68 bits per heavy atom. The van der Waals surface area contributed by atoms with Gasteiger partial charge in [-0.05, 0) is 45.7 Å². The van der Waals surface area contributed by atoms with Crippen LogP contribution in [0.15, 0.2) is 15.4 Å². The SMILES string of the molecule is CCN1CCCC(OC(=O)c2cc(S(=O)(=O)N3CCCC3)c(C)o2)C1. The number of hydrogen-bond acceptors (Lipinski definition) is 6. The Morgan fingerprint density at radius 2 is 2.00 bits per heavy atom. The topological polar surface area (TPSA) is 80.1 Å². The third-order valence-electron chi connectivity index (χ3n) is 4.94. The number of aryl methyl sites for hydroxylation is 1. The minimum absolute atomic E-state index is 0.0381. The van der Waals surface area contributed by atoms with E-state index in [1.165, 1.54) is 10.4 Å². The van der Waals surface area contributed by atoms with Gasteiger partial charge in [0.15, 0.2) is 0 Å². The van der Waals surface area contributed by atoms with E-state index < -0.39 is 16.0 Å². The van der Waals surface area contributed by atoms with Crippen LogP contribution in [-0.2, 0) is 14.8 Å². The van der Waals surface area contributed by atoms with Crippen LogP contribution < -0.4 is 0 Å². The van der Waals surface area contributed by atoms with Crippen molar-refractivity contribution in [3.63, 3.8) is 0 Å². The van der Waals surface area contributed by atoms with Crippen LogP contribution >= 0.6 is 0 Å². The lowest BCUT2D eigenvalue weighted by Gasteiger charge is -2.31. The van der Waals surface area contributed by atoms with Crippen LogP contribution in [0.4, 0.5) is 0 Å². The molecule has 0 spiro atoms. The maximum Gasteiger partial charge on any atom is 0.374 e. The van der Waals surface area contributed by atoms with Gasteiger partial charge in [-0.25, -0.2) is 13.2 Å². The van der Waals surface area contributed by atoms with Crippen molar-refractivity contribution in [1.29, 1.82) is 0 Å². The number of carbonyl (C=O) groups excluding carboxylic acids is 1. The van der Waals surface area contributed by atoms with Crippen LogP contribution in [0.1, 0.15) is 48.9 Å². The molecule has 0 radical (unpaired) electrons. The van der Waals surface area contributed by atoms with Gasteiger partial charge in [0.1, 0.15) is 16.8 Å². The number of piperidine rings is 1. The van der Waals surface area contributed by atoms with Gasteiger partial charge in [0.05, 0.1) is 0 Å². The molecule has 0 aliphatic carbocycles. The largest absolute Gasteiger partial charge is 0.455 e. The summed E-state index contributed by atoms with van der Waals surface area (Å²) in [6.45, 7) is 7.33. The summed E-state index contributed by atoms with van der Waals surface area (Å²) in [4.78, 5) is 14.7. The fourth-order valence-electron chi connectivity index (χ4n) is 3.50. The van der Waals surface area contributed by atoms with E-state index in [0.29, 0.717) is 19.6 Å². The second kappa shape index (κ2) is 7.47. The minimum atomic E-state index is -3.60. The van der Waals surface area contributed by atoms with Crippen molar-refractivity contribution in [2.24, 2.45) is 0 Å². The van der Waals surface area contributed by atoms with E-state index in [2.05, 4.69) is 11.8 Å². The Labute approximate surface area is 149 Å². The van der Waals surface area contributed by atoms with Gasteiger partial charge in [-0.3, -0.25) is 4.90 Å². The second-order valence-corrected chi connectivity index (χ2v) is 8.61. The lowest BCUT2D eigenvalue weighted by atomic mass is 10.1. The second-order valence-electron chi connectivity index (χ2n) is 6.71. The smallest absolute Gasteiger partial charge is 0.374 e. The van der Waals surface area contributed by atoms with Crippen molar-refractivity contribution < 1.29 is 22.4 Å². The zero-order valence-corrected chi connectivity index (χ0v) is 15.7. The van der Waals surface area contributed by atoms with E-state index >= 15 is 0 Å². The molecule has 1 aromatic heterocycles. The summed E-state index contributed by atoms with van der Waals surface area (Å²) in [5.41, 5.74) is 0. The number of likely N-dealkylation sites (N-methyl/N-ethyl adjacent to an activating group) is 1. The first kappa shape index (κ1) is 18.4. The molecule has 2 aliphatic heterocycles. The van der Waals surface area contributed by atoms with Crippen molar-refractivity contribution in [2.75, 3.05) is 32.7 Å². The number of hydrogen-bond donors (Lipinski definition) is 0. The summed E-state index contributed by atoms with van der Waals surface area (Å²) in [6.07, 6.45) is 3.35. The number of sulfonamides is 1. The molecular weight excluding hydrogens is 344 g/mol. The van der Waals surface area contributed by atoms with Gasteiger partial charge in [0, 0.05) is 25.7 Å². The van der Waals surface area contributed by atoms with Crippen molar-refractivity contribution in [2.45, 2.75) is 50.5 Å². The molecule has 1 unspecified atom stereocenters. The van der Waals surface area contributed by atoms with Crippen molar-refractivity contribution in [3.8, 4) is 0 Å². The van der Waals surface area contributed by atoms with Gasteiger partial charge in [-0.2, -0.15) is 4.31 Å². The summed E-state index contributed by atoms with van der Waals surface area (Å²) in [5.74, 6) is -0.393. The quantitative estimate of drug-likeness (QED) is 0.738. The Kier molecular flexibility index (Phi) is 5.50. The number of rotatable bonds is 5. The summed E-state index contributed by atoms with van der Waals surface area (Å²) in [7, 11) is -3.60. The lowest BCUT2D eigenvalue weighted by Crippen LogP contribution is -2.40. The molecule has 0 saturated carbocycles. The van der Waals surface area contributed by atoms with E-state index in [1.807, 2.05) is 0 Å². The summed E-state index contributed by atoms with van der Waals surface area (Å²) < 4.78 is 37.7. The lowest BCUT2D eigenvalue weighted by molar-refractivity contribution is 0.00468. The highest BCUT2D eigenvalue weighted by molar-refractivity contribution is 7.89. The number of carbonyl (C=O) groups is 1. The van der Waals surface area contributed by atoms with E-state index in [-0.39, 0.29) is 22.5 Å². The van der Waals surface area contributed by atoms with Crippen LogP contribution in [0.3, 0.4) is 0 Å². The molecule has 3 rings (SSSR count). The minimum Gasteiger partial charge on any atom is -0.455 e. The molecule has 2 aliphatic rings. The maximum atomic E-state index is 12.7. The molecule has 0 aromatic carbocycles. The van der Waals surface area contributed by atoms with Gasteiger partial charge < -0.3 is 9.15 Å². The molecule has 1 aromatic rings. The first-order valence-electron chi connectivity index (χ1n) is 8.95. The van der Waals surface area contributed by atoms with Crippen molar-refractivity contribution in [1.82, 2.24) is 9.21 Å². The molecule has 8 heteroatoms. The normalized spacial score (nSPS) is 23.0. The van der Waals surface area contributed by atoms with Gasteiger partial charge in [-0.1, -0.05) is 6.92 Å². The maximum absolute atomic E-state index is 12.7. The number of esters is 1. The highest BCUT2D eigenvalue weighted by Crippen LogP contribution is 2.27. The Hall–Kier alpha value is -1.38. The molecule has 1 atom stereocenters. The number of nitrogens with zero attached hydrogens (tertiary/aromatic N) is 2. The van der Waals surface area contributed by atoms with E-state index in [9.17, 15) is 13.2 Å². The molecule has 140 valence electrons. The molecule has 2 fully saturated rings. The zero-order chi connectivity index (χ0) is 18.0. The number of ether oxygens (including phenoxy) is 1. The fourth-order valence-corrected chi connectivity index (χ4v) is 5.17. The van der Waals surface area contributed by atoms with E-state index in [4.69, 9.17) is 9.15 Å². The van der Waals surface area contributed by atoms with Gasteiger partial charge in [0.2, 0.25) is 15.8 Å². The summed E-state index contributed by atoms with van der Waals surface area (Å²) in [5, 5.41) is 0. The molecule has 3 heterocycles. The third kappa shape index (κ3) is 3.91. The molecule has 25 heavy (non-hydrogen) atoms. The molecule has 2 saturated heterocycles. The average molecular weight is 370 g/mol. The molecule has 0 N–H and O–H groups in total. The molecular formula is C17H26N2O5S. The first-order valence-corrected chi connectivity index (χ1v) is 10.4.